The first-order chi connectivity index (χ1) is 8.15. The van der Waals surface area contributed by atoms with E-state index in [0.29, 0.717) is 41.4 Å². The van der Waals surface area contributed by atoms with Crippen molar-refractivity contribution < 1.29 is 9.53 Å². The fourth-order valence-electron chi connectivity index (χ4n) is 1.14. The number of hydrogen-bond donors (Lipinski definition) is 1. The summed E-state index contributed by atoms with van der Waals surface area (Å²) < 4.78 is 5.44. The van der Waals surface area contributed by atoms with E-state index in [-0.39, 0.29) is 5.97 Å². The molecule has 0 aromatic carbocycles. The van der Waals surface area contributed by atoms with Crippen LogP contribution in [0.1, 0.15) is 19.8 Å². The summed E-state index contributed by atoms with van der Waals surface area (Å²) in [4.78, 5) is 18.9. The Morgan fingerprint density at radius 3 is 3.06 bits per heavy atom. The van der Waals surface area contributed by atoms with Crippen molar-refractivity contribution in [3.05, 3.63) is 16.0 Å². The smallest absolute Gasteiger partial charge is 0.305 e. The van der Waals surface area contributed by atoms with Crippen LogP contribution in [0.2, 0.25) is 5.15 Å². The largest absolute Gasteiger partial charge is 0.466 e. The van der Waals surface area contributed by atoms with Crippen LogP contribution < -0.4 is 5.32 Å². The van der Waals surface area contributed by atoms with Crippen LogP contribution in [0.3, 0.4) is 0 Å². The van der Waals surface area contributed by atoms with E-state index in [1.165, 1.54) is 6.33 Å². The summed E-state index contributed by atoms with van der Waals surface area (Å²) >= 11 is 9.08. The predicted molar refractivity (Wildman–Crippen MR) is 69.1 cm³/mol. The molecule has 94 valence electrons. The molecule has 7 heteroatoms. The van der Waals surface area contributed by atoms with Crippen molar-refractivity contribution in [1.82, 2.24) is 9.97 Å². The summed E-state index contributed by atoms with van der Waals surface area (Å²) in [6, 6.07) is 0. The standard InChI is InChI=1S/C10H13BrClN3O2/c1-2-17-7(16)4-3-5-13-10-8(11)9(12)14-6-15-10/h6H,2-5H2,1H3,(H,13,14,15). The Morgan fingerprint density at radius 1 is 1.59 bits per heavy atom. The molecule has 0 bridgehead atoms. The van der Waals surface area contributed by atoms with Gasteiger partial charge in [0.25, 0.3) is 0 Å². The number of hydrogen-bond acceptors (Lipinski definition) is 5. The first-order valence-corrected chi connectivity index (χ1v) is 6.37. The van der Waals surface area contributed by atoms with E-state index in [1.54, 1.807) is 6.92 Å². The average Bonchev–Trinajstić information content (AvgIpc) is 2.30. The second-order valence-electron chi connectivity index (χ2n) is 3.16. The van der Waals surface area contributed by atoms with Crippen molar-refractivity contribution in [3.63, 3.8) is 0 Å². The molecule has 17 heavy (non-hydrogen) atoms. The molecule has 1 aromatic rings. The average molecular weight is 323 g/mol. The van der Waals surface area contributed by atoms with E-state index in [9.17, 15) is 4.79 Å². The molecule has 0 atom stereocenters. The number of halogens is 2. The van der Waals surface area contributed by atoms with Gasteiger partial charge >= 0.3 is 5.97 Å². The van der Waals surface area contributed by atoms with Gasteiger partial charge in [0.2, 0.25) is 0 Å². The summed E-state index contributed by atoms with van der Waals surface area (Å²) in [5.74, 6) is 0.433. The maximum Gasteiger partial charge on any atom is 0.305 e. The highest BCUT2D eigenvalue weighted by atomic mass is 79.9. The number of carbonyl (C=O) groups is 1. The fourth-order valence-corrected chi connectivity index (χ4v) is 1.62. The van der Waals surface area contributed by atoms with Gasteiger partial charge in [0, 0.05) is 13.0 Å². The lowest BCUT2D eigenvalue weighted by Crippen LogP contribution is -2.09. The van der Waals surface area contributed by atoms with Gasteiger partial charge in [-0.05, 0) is 29.3 Å². The molecule has 0 saturated heterocycles. The van der Waals surface area contributed by atoms with Crippen LogP contribution in [0.4, 0.5) is 5.82 Å². The maximum absolute atomic E-state index is 11.1. The van der Waals surface area contributed by atoms with Crippen LogP contribution in [0.15, 0.2) is 10.8 Å². The molecule has 1 aromatic heterocycles. The highest BCUT2D eigenvalue weighted by molar-refractivity contribution is 9.10. The number of ether oxygens (including phenoxy) is 1. The highest BCUT2D eigenvalue weighted by Crippen LogP contribution is 2.25. The predicted octanol–water partition coefficient (Wildman–Crippen LogP) is 2.65. The number of esters is 1. The normalized spacial score (nSPS) is 10.1. The van der Waals surface area contributed by atoms with Crippen LogP contribution in [0.25, 0.3) is 0 Å². The maximum atomic E-state index is 11.1. The van der Waals surface area contributed by atoms with Crippen LogP contribution in [0, 0.1) is 0 Å². The number of nitrogens with zero attached hydrogens (tertiary/aromatic N) is 2. The minimum Gasteiger partial charge on any atom is -0.466 e. The first-order valence-electron chi connectivity index (χ1n) is 5.20. The molecule has 0 unspecified atom stereocenters. The third kappa shape index (κ3) is 4.87. The number of nitrogens with one attached hydrogen (secondary N) is 1. The van der Waals surface area contributed by atoms with E-state index in [1.807, 2.05) is 0 Å². The van der Waals surface area contributed by atoms with E-state index in [4.69, 9.17) is 16.3 Å². The molecule has 1 heterocycles. The molecule has 0 fully saturated rings. The van der Waals surface area contributed by atoms with Crippen LogP contribution in [0.5, 0.6) is 0 Å². The van der Waals surface area contributed by atoms with Gasteiger partial charge < -0.3 is 10.1 Å². The minimum absolute atomic E-state index is 0.186. The molecule has 1 N–H and O–H groups in total. The number of rotatable bonds is 6. The molecular formula is C10H13BrClN3O2. The number of anilines is 1. The fraction of sp³-hybridized carbons (Fsp3) is 0.500. The summed E-state index contributed by atoms with van der Waals surface area (Å²) in [5, 5.41) is 3.42. The van der Waals surface area contributed by atoms with Gasteiger partial charge in [-0.3, -0.25) is 4.79 Å². The van der Waals surface area contributed by atoms with Crippen molar-refractivity contribution in [2.75, 3.05) is 18.5 Å². The molecule has 0 saturated carbocycles. The third-order valence-corrected chi connectivity index (χ3v) is 3.17. The summed E-state index contributed by atoms with van der Waals surface area (Å²) in [7, 11) is 0. The Labute approximate surface area is 113 Å². The lowest BCUT2D eigenvalue weighted by Gasteiger charge is -2.07. The van der Waals surface area contributed by atoms with Crippen molar-refractivity contribution in [1.29, 1.82) is 0 Å². The van der Waals surface area contributed by atoms with Gasteiger partial charge in [-0.2, -0.15) is 0 Å². The van der Waals surface area contributed by atoms with E-state index in [2.05, 4.69) is 31.2 Å². The lowest BCUT2D eigenvalue weighted by molar-refractivity contribution is -0.143. The molecule has 0 aliphatic heterocycles. The van der Waals surface area contributed by atoms with Crippen molar-refractivity contribution in [2.45, 2.75) is 19.8 Å². The zero-order valence-corrected chi connectivity index (χ0v) is 11.7. The highest BCUT2D eigenvalue weighted by Gasteiger charge is 2.06. The SMILES string of the molecule is CCOC(=O)CCCNc1ncnc(Cl)c1Br. The molecule has 0 spiro atoms. The molecule has 0 amide bonds. The van der Waals surface area contributed by atoms with Crippen molar-refractivity contribution >= 4 is 39.3 Å². The quantitative estimate of drug-likeness (QED) is 0.495. The Balaban J connectivity index is 2.31. The van der Waals surface area contributed by atoms with Gasteiger partial charge in [0.1, 0.15) is 17.3 Å². The van der Waals surface area contributed by atoms with Gasteiger partial charge in [0.05, 0.1) is 11.1 Å². The van der Waals surface area contributed by atoms with Gasteiger partial charge in [0.15, 0.2) is 0 Å². The molecule has 5 nitrogen and oxygen atoms in total. The Morgan fingerprint density at radius 2 is 2.35 bits per heavy atom. The second-order valence-corrected chi connectivity index (χ2v) is 4.31. The molecular weight excluding hydrogens is 309 g/mol. The van der Waals surface area contributed by atoms with E-state index >= 15 is 0 Å². The Hall–Kier alpha value is -0.880. The van der Waals surface area contributed by atoms with Crippen LogP contribution in [-0.2, 0) is 9.53 Å². The van der Waals surface area contributed by atoms with Crippen molar-refractivity contribution in [2.24, 2.45) is 0 Å². The third-order valence-electron chi connectivity index (χ3n) is 1.90. The molecule has 0 radical (unpaired) electrons. The van der Waals surface area contributed by atoms with Gasteiger partial charge in [-0.15, -0.1) is 0 Å². The number of aromatic nitrogens is 2. The lowest BCUT2D eigenvalue weighted by atomic mass is 10.3. The number of carbonyl (C=O) groups excluding carboxylic acids is 1. The van der Waals surface area contributed by atoms with Crippen LogP contribution in [-0.4, -0.2) is 29.1 Å². The van der Waals surface area contributed by atoms with Gasteiger partial charge in [-0.25, -0.2) is 9.97 Å². The molecule has 1 rings (SSSR count). The van der Waals surface area contributed by atoms with E-state index in [0.717, 1.165) is 0 Å². The topological polar surface area (TPSA) is 64.1 Å². The van der Waals surface area contributed by atoms with Gasteiger partial charge in [-0.1, -0.05) is 11.6 Å². The Bertz CT molecular complexity index is 390. The summed E-state index contributed by atoms with van der Waals surface area (Å²) in [5.41, 5.74) is 0. The summed E-state index contributed by atoms with van der Waals surface area (Å²) in [6.45, 7) is 2.82. The molecule has 0 aliphatic carbocycles. The zero-order chi connectivity index (χ0) is 12.7. The molecule has 0 aliphatic rings. The first kappa shape index (κ1) is 14.2. The van der Waals surface area contributed by atoms with Crippen molar-refractivity contribution in [3.8, 4) is 0 Å². The second kappa shape index (κ2) is 7.45. The monoisotopic (exact) mass is 321 g/mol. The zero-order valence-electron chi connectivity index (χ0n) is 9.37. The van der Waals surface area contributed by atoms with E-state index < -0.39 is 0 Å². The summed E-state index contributed by atoms with van der Waals surface area (Å²) in [6.07, 6.45) is 2.44. The minimum atomic E-state index is -0.186. The van der Waals surface area contributed by atoms with Crippen LogP contribution >= 0.6 is 27.5 Å². The Kier molecular flexibility index (Phi) is 6.21.